The number of nitrogens with two attached hydrogens (primary N) is 1. The van der Waals surface area contributed by atoms with E-state index in [2.05, 4.69) is 45.9 Å². The number of fused-ring (bicyclic) bond motifs is 2. The quantitative estimate of drug-likeness (QED) is 0.486. The number of piperazine rings is 1. The van der Waals surface area contributed by atoms with E-state index in [0.29, 0.717) is 17.1 Å². The highest BCUT2D eigenvalue weighted by atomic mass is 32.1. The Hall–Kier alpha value is -2.84. The molecule has 1 aliphatic rings. The topological polar surface area (TPSA) is 94.0 Å². The zero-order chi connectivity index (χ0) is 19.4. The van der Waals surface area contributed by atoms with Crippen LogP contribution in [0.5, 0.6) is 0 Å². The number of pyridine rings is 1. The van der Waals surface area contributed by atoms with Crippen LogP contribution in [0.25, 0.3) is 32.6 Å². The number of benzene rings is 1. The standard InChI is InChI=1S/C20H22N6OS/c1-11-9-13-14(10-15(11)26-6-4-25(2)5-7-26)23-19(22-13)16-17(21)18-12(3-8-28-18)24-20(16)27/h3,8-10H,4-7H2,1-2H3,(H,22,23)(H3,21,24,27). The molecule has 0 spiro atoms. The summed E-state index contributed by atoms with van der Waals surface area (Å²) in [5.41, 5.74) is 11.9. The summed E-state index contributed by atoms with van der Waals surface area (Å²) in [7, 11) is 2.15. The third-order valence-electron chi connectivity index (χ3n) is 5.53. The van der Waals surface area contributed by atoms with Crippen LogP contribution >= 0.6 is 11.3 Å². The average Bonchev–Trinajstić information content (AvgIpc) is 3.28. The molecule has 0 aliphatic carbocycles. The van der Waals surface area contributed by atoms with E-state index in [4.69, 9.17) is 10.7 Å². The summed E-state index contributed by atoms with van der Waals surface area (Å²) in [6, 6.07) is 6.09. The van der Waals surface area contributed by atoms with E-state index in [1.807, 2.05) is 11.4 Å². The van der Waals surface area contributed by atoms with Gasteiger partial charge in [0.2, 0.25) is 0 Å². The molecule has 5 rings (SSSR count). The van der Waals surface area contributed by atoms with E-state index in [0.717, 1.165) is 47.4 Å². The van der Waals surface area contributed by atoms with Crippen LogP contribution < -0.4 is 16.2 Å². The van der Waals surface area contributed by atoms with E-state index in [1.54, 1.807) is 0 Å². The molecule has 7 nitrogen and oxygen atoms in total. The maximum Gasteiger partial charge on any atom is 0.261 e. The van der Waals surface area contributed by atoms with Gasteiger partial charge in [0.05, 0.1) is 26.9 Å². The number of likely N-dealkylation sites (N-methyl/N-ethyl adjacent to an activating group) is 1. The second-order valence-corrected chi connectivity index (χ2v) is 8.35. The molecule has 1 fully saturated rings. The lowest BCUT2D eigenvalue weighted by atomic mass is 10.1. The first-order chi connectivity index (χ1) is 13.5. The smallest absolute Gasteiger partial charge is 0.261 e. The molecule has 0 unspecified atom stereocenters. The molecule has 8 heteroatoms. The van der Waals surface area contributed by atoms with Gasteiger partial charge in [-0.15, -0.1) is 11.3 Å². The third-order valence-corrected chi connectivity index (χ3v) is 6.48. The molecule has 144 valence electrons. The van der Waals surface area contributed by atoms with E-state index in [1.165, 1.54) is 22.6 Å². The number of H-pyrrole nitrogens is 2. The van der Waals surface area contributed by atoms with Crippen LogP contribution in [-0.4, -0.2) is 53.1 Å². The molecule has 1 aliphatic heterocycles. The van der Waals surface area contributed by atoms with Gasteiger partial charge in [-0.3, -0.25) is 4.79 Å². The zero-order valence-corrected chi connectivity index (χ0v) is 16.7. The van der Waals surface area contributed by atoms with Gasteiger partial charge in [-0.1, -0.05) is 0 Å². The van der Waals surface area contributed by atoms with Gasteiger partial charge in [-0.25, -0.2) is 4.98 Å². The predicted octanol–water partition coefficient (Wildman–Crippen LogP) is 2.78. The van der Waals surface area contributed by atoms with Crippen molar-refractivity contribution in [3.8, 4) is 11.4 Å². The van der Waals surface area contributed by atoms with Crippen molar-refractivity contribution in [3.05, 3.63) is 39.5 Å². The molecule has 1 saturated heterocycles. The predicted molar refractivity (Wildman–Crippen MR) is 116 cm³/mol. The number of aromatic amines is 2. The Morgan fingerprint density at radius 2 is 1.93 bits per heavy atom. The Bertz CT molecular complexity index is 1250. The first-order valence-corrected chi connectivity index (χ1v) is 10.2. The molecule has 0 bridgehead atoms. The van der Waals surface area contributed by atoms with Gasteiger partial charge in [-0.05, 0) is 43.1 Å². The number of rotatable bonds is 2. The molecule has 1 aromatic carbocycles. The summed E-state index contributed by atoms with van der Waals surface area (Å²) in [5.74, 6) is 0.513. The Balaban J connectivity index is 1.62. The van der Waals surface area contributed by atoms with Crippen molar-refractivity contribution in [2.75, 3.05) is 43.9 Å². The molecule has 4 aromatic rings. The normalized spacial score (nSPS) is 15.7. The minimum Gasteiger partial charge on any atom is -0.397 e. The largest absolute Gasteiger partial charge is 0.397 e. The van der Waals surface area contributed by atoms with Crippen molar-refractivity contribution >= 4 is 44.0 Å². The number of nitrogens with one attached hydrogen (secondary N) is 2. The average molecular weight is 395 g/mol. The summed E-state index contributed by atoms with van der Waals surface area (Å²) < 4.78 is 0.879. The second kappa shape index (κ2) is 6.35. The van der Waals surface area contributed by atoms with Crippen LogP contribution in [-0.2, 0) is 0 Å². The van der Waals surface area contributed by atoms with Crippen molar-refractivity contribution in [2.45, 2.75) is 6.92 Å². The van der Waals surface area contributed by atoms with Gasteiger partial charge in [-0.2, -0.15) is 0 Å². The molecular weight excluding hydrogens is 372 g/mol. The molecule has 0 saturated carbocycles. The van der Waals surface area contributed by atoms with Crippen LogP contribution in [0.2, 0.25) is 0 Å². The first-order valence-electron chi connectivity index (χ1n) is 9.34. The van der Waals surface area contributed by atoms with Crippen molar-refractivity contribution in [1.29, 1.82) is 0 Å². The number of anilines is 2. The Morgan fingerprint density at radius 3 is 2.71 bits per heavy atom. The molecule has 4 heterocycles. The van der Waals surface area contributed by atoms with Gasteiger partial charge in [0.1, 0.15) is 11.4 Å². The summed E-state index contributed by atoms with van der Waals surface area (Å²) >= 11 is 1.51. The van der Waals surface area contributed by atoms with Crippen LogP contribution in [0, 0.1) is 6.92 Å². The summed E-state index contributed by atoms with van der Waals surface area (Å²) in [6.07, 6.45) is 0. The van der Waals surface area contributed by atoms with Gasteiger partial charge < -0.3 is 25.5 Å². The maximum absolute atomic E-state index is 12.6. The summed E-state index contributed by atoms with van der Waals surface area (Å²) in [6.45, 7) is 6.22. The minimum absolute atomic E-state index is 0.224. The Kier molecular flexibility index (Phi) is 3.92. The second-order valence-electron chi connectivity index (χ2n) is 7.44. The fourth-order valence-corrected chi connectivity index (χ4v) is 4.75. The fraction of sp³-hybridized carbons (Fsp3) is 0.300. The highest BCUT2D eigenvalue weighted by Gasteiger charge is 2.20. The van der Waals surface area contributed by atoms with Crippen molar-refractivity contribution in [3.63, 3.8) is 0 Å². The van der Waals surface area contributed by atoms with Crippen molar-refractivity contribution < 1.29 is 0 Å². The number of hydrogen-bond acceptors (Lipinski definition) is 6. The SMILES string of the molecule is Cc1cc2[nH]c(-c3c(N)c4sccc4[nH]c3=O)nc2cc1N1CCN(C)CC1. The van der Waals surface area contributed by atoms with Crippen LogP contribution in [0.4, 0.5) is 11.4 Å². The number of imidazole rings is 1. The van der Waals surface area contributed by atoms with E-state index >= 15 is 0 Å². The van der Waals surface area contributed by atoms with Crippen LogP contribution in [0.3, 0.4) is 0 Å². The van der Waals surface area contributed by atoms with Crippen LogP contribution in [0.1, 0.15) is 5.56 Å². The lowest BCUT2D eigenvalue weighted by Gasteiger charge is -2.34. The number of aromatic nitrogens is 3. The van der Waals surface area contributed by atoms with E-state index in [9.17, 15) is 4.79 Å². The summed E-state index contributed by atoms with van der Waals surface area (Å²) in [5, 5.41) is 1.92. The molecule has 28 heavy (non-hydrogen) atoms. The zero-order valence-electron chi connectivity index (χ0n) is 15.9. The number of thiophene rings is 1. The van der Waals surface area contributed by atoms with E-state index < -0.39 is 0 Å². The maximum atomic E-state index is 12.6. The molecule has 0 amide bonds. The van der Waals surface area contributed by atoms with Gasteiger partial charge in [0, 0.05) is 31.9 Å². The van der Waals surface area contributed by atoms with Crippen molar-refractivity contribution in [1.82, 2.24) is 19.9 Å². The minimum atomic E-state index is -0.224. The lowest BCUT2D eigenvalue weighted by molar-refractivity contribution is 0.313. The van der Waals surface area contributed by atoms with Gasteiger partial charge >= 0.3 is 0 Å². The summed E-state index contributed by atoms with van der Waals surface area (Å²) in [4.78, 5) is 28.3. The highest BCUT2D eigenvalue weighted by molar-refractivity contribution is 7.17. The number of nitrogen functional groups attached to an aromatic ring is 1. The van der Waals surface area contributed by atoms with Gasteiger partial charge in [0.25, 0.3) is 5.56 Å². The van der Waals surface area contributed by atoms with Crippen LogP contribution in [0.15, 0.2) is 28.4 Å². The fourth-order valence-electron chi connectivity index (χ4n) is 3.93. The molecule has 4 N–H and O–H groups in total. The third kappa shape index (κ3) is 2.68. The Labute approximate surface area is 165 Å². The highest BCUT2D eigenvalue weighted by Crippen LogP contribution is 2.33. The van der Waals surface area contributed by atoms with Crippen molar-refractivity contribution in [2.24, 2.45) is 0 Å². The molecule has 0 radical (unpaired) electrons. The monoisotopic (exact) mass is 394 g/mol. The van der Waals surface area contributed by atoms with Gasteiger partial charge in [0.15, 0.2) is 0 Å². The molecule has 3 aromatic heterocycles. The number of nitrogens with zero attached hydrogens (tertiary/aromatic N) is 3. The molecular formula is C20H22N6OS. The number of hydrogen-bond donors (Lipinski definition) is 3. The molecule has 0 atom stereocenters. The number of aryl methyl sites for hydroxylation is 1. The lowest BCUT2D eigenvalue weighted by Crippen LogP contribution is -2.44. The Morgan fingerprint density at radius 1 is 1.14 bits per heavy atom. The first kappa shape index (κ1) is 17.3. The van der Waals surface area contributed by atoms with E-state index in [-0.39, 0.29) is 5.56 Å².